The van der Waals surface area contributed by atoms with E-state index >= 15 is 0 Å². The Labute approximate surface area is 182 Å². The molecule has 0 fully saturated rings. The Balaban J connectivity index is 1.68. The number of nitrogens with two attached hydrogens (primary N) is 2. The molecular weight excluding hydrogens is 438 g/mol. The van der Waals surface area contributed by atoms with E-state index in [2.05, 4.69) is 16.4 Å². The van der Waals surface area contributed by atoms with Gasteiger partial charge in [0.15, 0.2) is 5.13 Å². The van der Waals surface area contributed by atoms with E-state index < -0.39 is 15.9 Å². The molecule has 1 aromatic heterocycles. The van der Waals surface area contributed by atoms with Gasteiger partial charge in [-0.15, -0.1) is 0 Å². The van der Waals surface area contributed by atoms with Crippen LogP contribution < -0.4 is 25.7 Å². The molecule has 9 nitrogen and oxygen atoms in total. The second-order valence-electron chi connectivity index (χ2n) is 6.58. The lowest BCUT2D eigenvalue weighted by molar-refractivity contribution is 0.383. The molecule has 0 saturated heterocycles. The molecule has 11 heteroatoms. The zero-order chi connectivity index (χ0) is 22.2. The number of nitriles is 1. The highest BCUT2D eigenvalue weighted by atomic mass is 32.2. The van der Waals surface area contributed by atoms with Gasteiger partial charge < -0.3 is 20.5 Å². The van der Waals surface area contributed by atoms with Crippen LogP contribution in [0.2, 0.25) is 0 Å². The minimum atomic E-state index is -3.77. The minimum absolute atomic E-state index is 0.00479. The summed E-state index contributed by atoms with van der Waals surface area (Å²) in [5.74, 6) is 0.578. The van der Waals surface area contributed by atoms with Crippen LogP contribution in [0, 0.1) is 11.3 Å². The van der Waals surface area contributed by atoms with Gasteiger partial charge in [-0.25, -0.2) is 13.6 Å². The number of hydrogen-bond donors (Lipinski definition) is 3. The first kappa shape index (κ1) is 20.7. The van der Waals surface area contributed by atoms with Crippen LogP contribution in [0.25, 0.3) is 0 Å². The summed E-state index contributed by atoms with van der Waals surface area (Å²) < 4.78 is 33.6. The molecule has 158 valence electrons. The summed E-state index contributed by atoms with van der Waals surface area (Å²) in [5.41, 5.74) is 7.75. The molecule has 1 aliphatic rings. The van der Waals surface area contributed by atoms with E-state index in [0.29, 0.717) is 28.0 Å². The van der Waals surface area contributed by atoms with E-state index in [1.54, 1.807) is 19.2 Å². The number of anilines is 2. The van der Waals surface area contributed by atoms with Gasteiger partial charge in [0.2, 0.25) is 21.8 Å². The number of allylic oxidation sites excluding steroid dienone is 1. The SMILES string of the molecule is COc1ccc(C2C(C#N)=C(N)Oc3nc(Nc4ccc(S(N)(=O)=O)cc4)sc32)cc1. The molecular formula is C20H17N5O4S2. The van der Waals surface area contributed by atoms with Gasteiger partial charge in [-0.1, -0.05) is 23.5 Å². The van der Waals surface area contributed by atoms with Crippen molar-refractivity contribution in [3.8, 4) is 17.7 Å². The molecule has 0 bridgehead atoms. The Morgan fingerprint density at radius 2 is 1.87 bits per heavy atom. The Bertz CT molecular complexity index is 1310. The average Bonchev–Trinajstić information content (AvgIpc) is 3.14. The zero-order valence-corrected chi connectivity index (χ0v) is 17.8. The Morgan fingerprint density at radius 3 is 2.45 bits per heavy atom. The normalized spacial score (nSPS) is 15.6. The molecule has 0 aliphatic carbocycles. The summed E-state index contributed by atoms with van der Waals surface area (Å²) in [6.07, 6.45) is 0. The second kappa shape index (κ2) is 7.92. The fourth-order valence-corrected chi connectivity index (χ4v) is 4.71. The van der Waals surface area contributed by atoms with Gasteiger partial charge in [-0.2, -0.15) is 10.2 Å². The van der Waals surface area contributed by atoms with Crippen molar-refractivity contribution in [3.05, 3.63) is 70.4 Å². The number of ether oxygens (including phenoxy) is 2. The van der Waals surface area contributed by atoms with E-state index in [1.165, 1.54) is 23.5 Å². The van der Waals surface area contributed by atoms with Crippen molar-refractivity contribution < 1.29 is 17.9 Å². The molecule has 1 aliphatic heterocycles. The number of aromatic nitrogens is 1. The topological polar surface area (TPSA) is 153 Å². The second-order valence-corrected chi connectivity index (χ2v) is 9.17. The van der Waals surface area contributed by atoms with Crippen molar-refractivity contribution in [2.75, 3.05) is 12.4 Å². The van der Waals surface area contributed by atoms with Crippen molar-refractivity contribution in [2.24, 2.45) is 10.9 Å². The van der Waals surface area contributed by atoms with Crippen molar-refractivity contribution in [3.63, 3.8) is 0 Å². The van der Waals surface area contributed by atoms with Crippen LogP contribution in [0.1, 0.15) is 16.4 Å². The molecule has 1 atom stereocenters. The van der Waals surface area contributed by atoms with Crippen LogP contribution in [0.3, 0.4) is 0 Å². The molecule has 31 heavy (non-hydrogen) atoms. The number of rotatable bonds is 5. The number of benzene rings is 2. The third kappa shape index (κ3) is 4.04. The summed E-state index contributed by atoms with van der Waals surface area (Å²) in [6.45, 7) is 0. The minimum Gasteiger partial charge on any atom is -0.497 e. The predicted molar refractivity (Wildman–Crippen MR) is 116 cm³/mol. The molecule has 2 heterocycles. The number of nitrogens with one attached hydrogen (secondary N) is 1. The van der Waals surface area contributed by atoms with E-state index in [4.69, 9.17) is 20.3 Å². The summed E-state index contributed by atoms with van der Waals surface area (Å²) >= 11 is 1.31. The van der Waals surface area contributed by atoms with Gasteiger partial charge in [-0.3, -0.25) is 0 Å². The molecule has 0 saturated carbocycles. The lowest BCUT2D eigenvalue weighted by atomic mass is 9.89. The first-order valence-corrected chi connectivity index (χ1v) is 11.3. The number of fused-ring (bicyclic) bond motifs is 1. The Morgan fingerprint density at radius 1 is 1.19 bits per heavy atom. The van der Waals surface area contributed by atoms with Gasteiger partial charge in [0, 0.05) is 5.69 Å². The van der Waals surface area contributed by atoms with Gasteiger partial charge in [0.05, 0.1) is 22.8 Å². The number of sulfonamides is 1. The predicted octanol–water partition coefficient (Wildman–Crippen LogP) is 2.76. The highest BCUT2D eigenvalue weighted by Crippen LogP contribution is 2.46. The van der Waals surface area contributed by atoms with E-state index in [-0.39, 0.29) is 10.8 Å². The molecule has 0 radical (unpaired) electrons. The van der Waals surface area contributed by atoms with Crippen molar-refractivity contribution in [1.29, 1.82) is 5.26 Å². The van der Waals surface area contributed by atoms with Crippen LogP contribution in [-0.2, 0) is 10.0 Å². The summed E-state index contributed by atoms with van der Waals surface area (Å²) in [7, 11) is -2.19. The van der Waals surface area contributed by atoms with E-state index in [1.807, 2.05) is 24.3 Å². The summed E-state index contributed by atoms with van der Waals surface area (Å²) in [4.78, 5) is 5.17. The van der Waals surface area contributed by atoms with Crippen LogP contribution in [-0.4, -0.2) is 20.5 Å². The summed E-state index contributed by atoms with van der Waals surface area (Å²) in [6, 6.07) is 15.4. The quantitative estimate of drug-likeness (QED) is 0.531. The maximum atomic E-state index is 11.4. The van der Waals surface area contributed by atoms with Crippen molar-refractivity contribution in [2.45, 2.75) is 10.8 Å². The van der Waals surface area contributed by atoms with Crippen LogP contribution in [0.5, 0.6) is 11.6 Å². The number of thiazole rings is 1. The number of hydrogen-bond acceptors (Lipinski definition) is 9. The lowest BCUT2D eigenvalue weighted by Gasteiger charge is -2.22. The van der Waals surface area contributed by atoms with Crippen LogP contribution in [0.15, 0.2) is 64.9 Å². The molecule has 2 aromatic carbocycles. The first-order valence-electron chi connectivity index (χ1n) is 8.92. The van der Waals surface area contributed by atoms with Crippen LogP contribution in [0.4, 0.5) is 10.8 Å². The number of primary sulfonamides is 1. The van der Waals surface area contributed by atoms with Gasteiger partial charge in [0.25, 0.3) is 0 Å². The number of nitrogens with zero attached hydrogens (tertiary/aromatic N) is 2. The van der Waals surface area contributed by atoms with Crippen LogP contribution >= 0.6 is 11.3 Å². The molecule has 4 rings (SSSR count). The smallest absolute Gasteiger partial charge is 0.238 e. The highest BCUT2D eigenvalue weighted by Gasteiger charge is 2.34. The van der Waals surface area contributed by atoms with E-state index in [0.717, 1.165) is 10.4 Å². The fraction of sp³-hybridized carbons (Fsp3) is 0.100. The molecule has 0 amide bonds. The molecule has 1 unspecified atom stereocenters. The summed E-state index contributed by atoms with van der Waals surface area (Å²) in [5, 5.41) is 18.4. The maximum Gasteiger partial charge on any atom is 0.238 e. The third-order valence-electron chi connectivity index (χ3n) is 4.65. The van der Waals surface area contributed by atoms with Crippen molar-refractivity contribution >= 4 is 32.2 Å². The van der Waals surface area contributed by atoms with Gasteiger partial charge in [0.1, 0.15) is 17.4 Å². The largest absolute Gasteiger partial charge is 0.497 e. The van der Waals surface area contributed by atoms with E-state index in [9.17, 15) is 13.7 Å². The Hall–Kier alpha value is -3.59. The fourth-order valence-electron chi connectivity index (χ4n) is 3.14. The highest BCUT2D eigenvalue weighted by molar-refractivity contribution is 7.89. The number of methoxy groups -OCH3 is 1. The standard InChI is InChI=1S/C20H17N5O4S2/c1-28-13-6-2-11(3-7-13)16-15(10-21)18(22)29-19-17(16)30-20(25-19)24-12-4-8-14(9-5-12)31(23,26)27/h2-9,16H,22H2,1H3,(H,24,25)(H2,23,26,27). The van der Waals surface area contributed by atoms with Gasteiger partial charge >= 0.3 is 0 Å². The first-order chi connectivity index (χ1) is 14.8. The van der Waals surface area contributed by atoms with Crippen molar-refractivity contribution in [1.82, 2.24) is 4.98 Å². The molecule has 5 N–H and O–H groups in total. The molecule has 3 aromatic rings. The third-order valence-corrected chi connectivity index (χ3v) is 6.59. The van der Waals surface area contributed by atoms with Gasteiger partial charge in [-0.05, 0) is 42.0 Å². The lowest BCUT2D eigenvalue weighted by Crippen LogP contribution is -2.20. The Kier molecular flexibility index (Phi) is 5.28. The maximum absolute atomic E-state index is 11.4. The monoisotopic (exact) mass is 455 g/mol. The molecule has 0 spiro atoms. The average molecular weight is 456 g/mol. The zero-order valence-electron chi connectivity index (χ0n) is 16.2.